The zero-order valence-electron chi connectivity index (χ0n) is 13.1. The van der Waals surface area contributed by atoms with Crippen LogP contribution in [0.15, 0.2) is 58.5 Å². The Bertz CT molecular complexity index is 771. The molecule has 6 N–H and O–H groups in total. The molecule has 6 nitrogen and oxygen atoms in total. The van der Waals surface area contributed by atoms with Gasteiger partial charge in [0.15, 0.2) is 0 Å². The van der Waals surface area contributed by atoms with E-state index >= 15 is 0 Å². The summed E-state index contributed by atoms with van der Waals surface area (Å²) >= 11 is 0. The molecule has 1 aliphatic carbocycles. The Hall–Kier alpha value is -3.28. The molecule has 1 fully saturated rings. The number of aliphatic imine (C=N–C) groups is 2. The van der Waals surface area contributed by atoms with Crippen molar-refractivity contribution in [1.29, 1.82) is 10.8 Å². The average Bonchev–Trinajstić information content (AvgIpc) is 2.56. The minimum atomic E-state index is 0.303. The van der Waals surface area contributed by atoms with Gasteiger partial charge < -0.3 is 22.3 Å². The van der Waals surface area contributed by atoms with Crippen molar-refractivity contribution in [2.24, 2.45) is 9.98 Å². The Morgan fingerprint density at radius 3 is 1.29 bits per heavy atom. The molecule has 1 aliphatic rings. The van der Waals surface area contributed by atoms with Gasteiger partial charge in [-0.15, -0.1) is 0 Å². The quantitative estimate of drug-likeness (QED) is 0.632. The van der Waals surface area contributed by atoms with E-state index in [4.69, 9.17) is 22.3 Å². The number of benzene rings is 2. The maximum Gasteiger partial charge on any atom is 0.0682 e. The van der Waals surface area contributed by atoms with Crippen molar-refractivity contribution < 1.29 is 0 Å². The molecule has 24 heavy (non-hydrogen) atoms. The first-order chi connectivity index (χ1) is 11.5. The van der Waals surface area contributed by atoms with Crippen LogP contribution in [0.1, 0.15) is 12.8 Å². The molecule has 0 amide bonds. The molecule has 2 aromatic rings. The fourth-order valence-corrected chi connectivity index (χ4v) is 2.38. The van der Waals surface area contributed by atoms with Crippen molar-refractivity contribution in [3.63, 3.8) is 0 Å². The largest absolute Gasteiger partial charge is 0.399 e. The van der Waals surface area contributed by atoms with Crippen LogP contribution in [-0.4, -0.2) is 22.8 Å². The van der Waals surface area contributed by atoms with Crippen molar-refractivity contribution in [3.8, 4) is 0 Å². The zero-order chi connectivity index (χ0) is 17.1. The summed E-state index contributed by atoms with van der Waals surface area (Å²) in [5.41, 5.74) is 16.1. The van der Waals surface area contributed by atoms with Gasteiger partial charge in [0, 0.05) is 24.2 Å². The molecule has 0 atom stereocenters. The van der Waals surface area contributed by atoms with Gasteiger partial charge in [-0.1, -0.05) is 0 Å². The summed E-state index contributed by atoms with van der Waals surface area (Å²) in [5, 5.41) is 16.4. The van der Waals surface area contributed by atoms with E-state index in [-0.39, 0.29) is 0 Å². The third kappa shape index (κ3) is 3.55. The minimum absolute atomic E-state index is 0.303. The number of rotatable bonds is 2. The molecule has 0 saturated heterocycles. The highest BCUT2D eigenvalue weighted by Gasteiger charge is 2.23. The van der Waals surface area contributed by atoms with E-state index in [9.17, 15) is 0 Å². The molecular weight excluding hydrogens is 300 g/mol. The van der Waals surface area contributed by atoms with Crippen LogP contribution in [0.2, 0.25) is 0 Å². The van der Waals surface area contributed by atoms with Crippen LogP contribution < -0.4 is 11.5 Å². The first-order valence-corrected chi connectivity index (χ1v) is 7.53. The van der Waals surface area contributed by atoms with Gasteiger partial charge in [0.25, 0.3) is 0 Å². The summed E-state index contributed by atoms with van der Waals surface area (Å²) in [6.45, 7) is 0. The summed E-state index contributed by atoms with van der Waals surface area (Å²) in [5.74, 6) is 0. The SMILES string of the molecule is N=C1CC(=Nc2ccc(N)cc2)C(=N)CC1=Nc1ccc(N)cc1. The molecule has 3 rings (SSSR count). The molecule has 0 aromatic heterocycles. The fourth-order valence-electron chi connectivity index (χ4n) is 2.38. The number of nitrogen functional groups attached to an aromatic ring is 2. The van der Waals surface area contributed by atoms with Gasteiger partial charge in [0.1, 0.15) is 0 Å². The Kier molecular flexibility index (Phi) is 4.20. The standard InChI is InChI=1S/C18H18N6/c19-11-1-5-13(6-2-11)23-17-9-16(22)18(10-15(17)21)24-14-7-3-12(20)4-8-14/h1-8,21-22H,9-10,19-20H2. The van der Waals surface area contributed by atoms with Crippen LogP contribution in [-0.2, 0) is 0 Å². The smallest absolute Gasteiger partial charge is 0.0682 e. The van der Waals surface area contributed by atoms with Crippen LogP contribution in [0.5, 0.6) is 0 Å². The fraction of sp³-hybridized carbons (Fsp3) is 0.111. The van der Waals surface area contributed by atoms with E-state index in [1.165, 1.54) is 0 Å². The van der Waals surface area contributed by atoms with Crippen molar-refractivity contribution in [1.82, 2.24) is 0 Å². The molecule has 0 heterocycles. The average molecular weight is 318 g/mol. The lowest BCUT2D eigenvalue weighted by atomic mass is 9.92. The normalized spacial score (nSPS) is 18.3. The van der Waals surface area contributed by atoms with Gasteiger partial charge in [-0.05, 0) is 48.5 Å². The number of nitrogens with zero attached hydrogens (tertiary/aromatic N) is 2. The van der Waals surface area contributed by atoms with Gasteiger partial charge in [0.2, 0.25) is 0 Å². The third-order valence-corrected chi connectivity index (χ3v) is 3.70. The van der Waals surface area contributed by atoms with Gasteiger partial charge >= 0.3 is 0 Å². The number of hydrogen-bond acceptors (Lipinski definition) is 6. The van der Waals surface area contributed by atoms with E-state index in [2.05, 4.69) is 9.98 Å². The van der Waals surface area contributed by atoms with Crippen LogP contribution >= 0.6 is 0 Å². The predicted octanol–water partition coefficient (Wildman–Crippen LogP) is 3.53. The molecule has 6 heteroatoms. The molecule has 0 spiro atoms. The maximum atomic E-state index is 8.20. The van der Waals surface area contributed by atoms with Crippen molar-refractivity contribution in [2.45, 2.75) is 12.8 Å². The topological polar surface area (TPSA) is 124 Å². The highest BCUT2D eigenvalue weighted by atomic mass is 14.8. The van der Waals surface area contributed by atoms with Gasteiger partial charge in [-0.2, -0.15) is 0 Å². The van der Waals surface area contributed by atoms with Crippen molar-refractivity contribution in [3.05, 3.63) is 48.5 Å². The lowest BCUT2D eigenvalue weighted by molar-refractivity contribution is 1.32. The number of nitrogens with two attached hydrogens (primary N) is 2. The van der Waals surface area contributed by atoms with Crippen molar-refractivity contribution in [2.75, 3.05) is 11.5 Å². The second-order valence-electron chi connectivity index (χ2n) is 5.61. The highest BCUT2D eigenvalue weighted by molar-refractivity contribution is 6.62. The predicted molar refractivity (Wildman–Crippen MR) is 101 cm³/mol. The Morgan fingerprint density at radius 1 is 0.625 bits per heavy atom. The van der Waals surface area contributed by atoms with Gasteiger partial charge in [-0.3, -0.25) is 9.98 Å². The Balaban J connectivity index is 1.81. The van der Waals surface area contributed by atoms with Crippen LogP contribution in [0.4, 0.5) is 22.7 Å². The van der Waals surface area contributed by atoms with Gasteiger partial charge in [-0.25, -0.2) is 0 Å². The number of hydrogen-bond donors (Lipinski definition) is 4. The summed E-state index contributed by atoms with van der Waals surface area (Å²) in [6, 6.07) is 14.3. The molecule has 0 aliphatic heterocycles. The molecule has 0 unspecified atom stereocenters. The lowest BCUT2D eigenvalue weighted by Gasteiger charge is -2.18. The van der Waals surface area contributed by atoms with Gasteiger partial charge in [0.05, 0.1) is 34.2 Å². The molecule has 120 valence electrons. The second kappa shape index (κ2) is 6.45. The first-order valence-electron chi connectivity index (χ1n) is 7.53. The summed E-state index contributed by atoms with van der Waals surface area (Å²) in [6.07, 6.45) is 0.605. The maximum absolute atomic E-state index is 8.20. The zero-order valence-corrected chi connectivity index (χ0v) is 13.1. The van der Waals surface area contributed by atoms with E-state index in [1.807, 2.05) is 0 Å². The van der Waals surface area contributed by atoms with Crippen LogP contribution in [0, 0.1) is 10.8 Å². The first kappa shape index (κ1) is 15.6. The molecular formula is C18H18N6. The number of anilines is 2. The van der Waals surface area contributed by atoms with E-state index in [0.29, 0.717) is 47.1 Å². The van der Waals surface area contributed by atoms with E-state index < -0.39 is 0 Å². The Labute approximate surface area is 140 Å². The summed E-state index contributed by atoms with van der Waals surface area (Å²) < 4.78 is 0. The molecule has 2 aromatic carbocycles. The third-order valence-electron chi connectivity index (χ3n) is 3.70. The highest BCUT2D eigenvalue weighted by Crippen LogP contribution is 2.20. The minimum Gasteiger partial charge on any atom is -0.399 e. The van der Waals surface area contributed by atoms with Crippen LogP contribution in [0.3, 0.4) is 0 Å². The molecule has 0 bridgehead atoms. The number of nitrogens with one attached hydrogen (secondary N) is 2. The summed E-state index contributed by atoms with van der Waals surface area (Å²) in [7, 11) is 0. The molecule has 0 radical (unpaired) electrons. The molecule has 1 saturated carbocycles. The lowest BCUT2D eigenvalue weighted by Crippen LogP contribution is -2.32. The van der Waals surface area contributed by atoms with Crippen LogP contribution in [0.25, 0.3) is 0 Å². The Morgan fingerprint density at radius 2 is 0.958 bits per heavy atom. The van der Waals surface area contributed by atoms with E-state index in [0.717, 1.165) is 11.4 Å². The second-order valence-corrected chi connectivity index (χ2v) is 5.61. The summed E-state index contributed by atoms with van der Waals surface area (Å²) in [4.78, 5) is 8.94. The van der Waals surface area contributed by atoms with E-state index in [1.54, 1.807) is 48.5 Å². The monoisotopic (exact) mass is 318 g/mol. The van der Waals surface area contributed by atoms with Crippen molar-refractivity contribution >= 4 is 45.6 Å².